The third-order valence-electron chi connectivity index (χ3n) is 2.02. The Labute approximate surface area is 84.1 Å². The van der Waals surface area contributed by atoms with E-state index >= 15 is 0 Å². The second-order valence-corrected chi connectivity index (χ2v) is 6.72. The van der Waals surface area contributed by atoms with E-state index in [-0.39, 0.29) is 6.42 Å². The monoisotopic (exact) mass is 222 g/mol. The molecule has 0 aromatic carbocycles. The number of unbranched alkanes of at least 4 members (excludes halogenated alkanes) is 1. The molecule has 2 atom stereocenters. The predicted molar refractivity (Wildman–Crippen MR) is 55.1 cm³/mol. The maximum atomic E-state index is 11.0. The van der Waals surface area contributed by atoms with E-state index in [1.165, 1.54) is 0 Å². The van der Waals surface area contributed by atoms with Crippen LogP contribution < -0.4 is 0 Å². The number of hydrogen-bond donors (Lipinski definition) is 1. The van der Waals surface area contributed by atoms with E-state index in [9.17, 15) is 9.00 Å². The van der Waals surface area contributed by atoms with Crippen LogP contribution in [0.2, 0.25) is 0 Å². The summed E-state index contributed by atoms with van der Waals surface area (Å²) in [5.74, 6) is 0.0940. The molecule has 0 aliphatic carbocycles. The van der Waals surface area contributed by atoms with E-state index in [0.717, 1.165) is 31.4 Å². The normalized spacial score (nSPS) is 27.7. The average Bonchev–Trinajstić information content (AvgIpc) is 2.45. The summed E-state index contributed by atoms with van der Waals surface area (Å²) in [7, 11) is 0.882. The molecule has 1 aliphatic rings. The van der Waals surface area contributed by atoms with Crippen molar-refractivity contribution in [2.45, 2.75) is 37.4 Å². The van der Waals surface area contributed by atoms with Gasteiger partial charge in [0.05, 0.1) is 9.83 Å². The first kappa shape index (κ1) is 11.0. The first-order chi connectivity index (χ1) is 6.18. The Morgan fingerprint density at radius 2 is 2.31 bits per heavy atom. The molecule has 1 aliphatic heterocycles. The molecule has 1 unspecified atom stereocenters. The highest BCUT2D eigenvalue weighted by atomic mass is 33.1. The van der Waals surface area contributed by atoms with Gasteiger partial charge in [-0.25, -0.2) is 4.21 Å². The van der Waals surface area contributed by atoms with Crippen LogP contribution in [0.3, 0.4) is 0 Å². The smallest absolute Gasteiger partial charge is 0.303 e. The lowest BCUT2D eigenvalue weighted by molar-refractivity contribution is -0.137. The van der Waals surface area contributed by atoms with Gasteiger partial charge in [0, 0.05) is 17.4 Å². The second kappa shape index (κ2) is 5.65. The molecule has 0 bridgehead atoms. The maximum Gasteiger partial charge on any atom is 0.303 e. The van der Waals surface area contributed by atoms with Gasteiger partial charge in [-0.15, -0.1) is 0 Å². The molecule has 0 amide bonds. The standard InChI is InChI=1S/C8H14O3S2/c9-8(10)4-2-1-3-7-5-6-13(11)12-7/h7H,1-6H2,(H,9,10)/t7?,13-/m1/s1. The molecule has 1 fully saturated rings. The van der Waals surface area contributed by atoms with Gasteiger partial charge >= 0.3 is 5.97 Å². The van der Waals surface area contributed by atoms with Crippen molar-refractivity contribution in [3.8, 4) is 0 Å². The minimum atomic E-state index is -0.720. The molecule has 5 heteroatoms. The van der Waals surface area contributed by atoms with Gasteiger partial charge in [0.1, 0.15) is 0 Å². The summed E-state index contributed by atoms with van der Waals surface area (Å²) in [5, 5.41) is 8.90. The maximum absolute atomic E-state index is 11.0. The molecule has 1 saturated heterocycles. The molecule has 0 radical (unpaired) electrons. The van der Waals surface area contributed by atoms with Crippen LogP contribution in [0.5, 0.6) is 0 Å². The molecular weight excluding hydrogens is 208 g/mol. The van der Waals surface area contributed by atoms with Crippen LogP contribution in [-0.2, 0) is 14.6 Å². The molecule has 0 spiro atoms. The summed E-state index contributed by atoms with van der Waals surface area (Å²) < 4.78 is 11.0. The summed E-state index contributed by atoms with van der Waals surface area (Å²) in [5.41, 5.74) is 0. The zero-order chi connectivity index (χ0) is 9.68. The second-order valence-electron chi connectivity index (χ2n) is 3.15. The Hall–Kier alpha value is -0.0300. The van der Waals surface area contributed by atoms with E-state index in [2.05, 4.69) is 0 Å². The number of aliphatic carboxylic acids is 1. The van der Waals surface area contributed by atoms with Gasteiger partial charge in [-0.2, -0.15) is 0 Å². The van der Waals surface area contributed by atoms with Crippen LogP contribution in [0, 0.1) is 0 Å². The van der Waals surface area contributed by atoms with Gasteiger partial charge in [0.15, 0.2) is 0 Å². The zero-order valence-corrected chi connectivity index (χ0v) is 9.03. The highest BCUT2D eigenvalue weighted by Gasteiger charge is 2.21. The van der Waals surface area contributed by atoms with Crippen LogP contribution in [-0.4, -0.2) is 26.3 Å². The van der Waals surface area contributed by atoms with Crippen LogP contribution in [0.15, 0.2) is 0 Å². The van der Waals surface area contributed by atoms with Crippen molar-refractivity contribution in [1.82, 2.24) is 0 Å². The van der Waals surface area contributed by atoms with Crippen LogP contribution in [0.1, 0.15) is 32.1 Å². The Kier molecular flexibility index (Phi) is 4.80. The van der Waals surface area contributed by atoms with Gasteiger partial charge in [0.2, 0.25) is 0 Å². The number of carboxylic acid groups (broad SMARTS) is 1. The molecule has 0 saturated carbocycles. The number of carboxylic acids is 1. The third-order valence-corrected chi connectivity index (χ3v) is 5.50. The minimum absolute atomic E-state index is 0.264. The van der Waals surface area contributed by atoms with Crippen LogP contribution >= 0.6 is 10.8 Å². The lowest BCUT2D eigenvalue weighted by atomic mass is 10.1. The van der Waals surface area contributed by atoms with E-state index in [1.54, 1.807) is 10.8 Å². The summed E-state index contributed by atoms with van der Waals surface area (Å²) >= 11 is 0. The SMILES string of the molecule is O=C(O)CCCCC1CC[S@](=O)S1. The van der Waals surface area contributed by atoms with E-state index < -0.39 is 15.8 Å². The fraction of sp³-hybridized carbons (Fsp3) is 0.875. The minimum Gasteiger partial charge on any atom is -0.481 e. The lowest BCUT2D eigenvalue weighted by Gasteiger charge is -2.04. The highest BCUT2D eigenvalue weighted by molar-refractivity contribution is 8.69. The molecule has 1 N–H and O–H groups in total. The van der Waals surface area contributed by atoms with Crippen LogP contribution in [0.25, 0.3) is 0 Å². The van der Waals surface area contributed by atoms with E-state index in [4.69, 9.17) is 5.11 Å². The van der Waals surface area contributed by atoms with Gasteiger partial charge in [-0.1, -0.05) is 17.2 Å². The molecule has 76 valence electrons. The molecule has 13 heavy (non-hydrogen) atoms. The van der Waals surface area contributed by atoms with Crippen molar-refractivity contribution < 1.29 is 14.1 Å². The quantitative estimate of drug-likeness (QED) is 0.569. The predicted octanol–water partition coefficient (Wildman–Crippen LogP) is 1.80. The number of carbonyl (C=O) groups is 1. The summed E-state index contributed by atoms with van der Waals surface area (Å²) in [6, 6.07) is 0. The van der Waals surface area contributed by atoms with Gasteiger partial charge < -0.3 is 5.11 Å². The third kappa shape index (κ3) is 4.67. The summed E-state index contributed by atoms with van der Waals surface area (Å²) in [4.78, 5) is 10.2. The fourth-order valence-corrected chi connectivity index (χ4v) is 4.88. The van der Waals surface area contributed by atoms with Crippen molar-refractivity contribution in [2.75, 3.05) is 5.75 Å². The molecule has 3 nitrogen and oxygen atoms in total. The first-order valence-electron chi connectivity index (χ1n) is 4.46. The summed E-state index contributed by atoms with van der Waals surface area (Å²) in [6.07, 6.45) is 4.01. The number of rotatable bonds is 5. The Morgan fingerprint density at radius 1 is 1.54 bits per heavy atom. The first-order valence-corrected chi connectivity index (χ1v) is 7.17. The van der Waals surface area contributed by atoms with Crippen LogP contribution in [0.4, 0.5) is 0 Å². The lowest BCUT2D eigenvalue weighted by Crippen LogP contribution is -1.99. The van der Waals surface area contributed by atoms with Crippen molar-refractivity contribution in [3.63, 3.8) is 0 Å². The van der Waals surface area contributed by atoms with E-state index in [1.807, 2.05) is 0 Å². The van der Waals surface area contributed by atoms with Crippen molar-refractivity contribution in [3.05, 3.63) is 0 Å². The molecule has 0 aromatic rings. The van der Waals surface area contributed by atoms with Crippen molar-refractivity contribution >= 4 is 26.6 Å². The summed E-state index contributed by atoms with van der Waals surface area (Å²) in [6.45, 7) is 0. The molecular formula is C8H14O3S2. The Morgan fingerprint density at radius 3 is 2.85 bits per heavy atom. The largest absolute Gasteiger partial charge is 0.481 e. The molecule has 1 heterocycles. The Bertz CT molecular complexity index is 206. The molecule has 1 rings (SSSR count). The van der Waals surface area contributed by atoms with Gasteiger partial charge in [-0.05, 0) is 19.3 Å². The molecule has 0 aromatic heterocycles. The highest BCUT2D eigenvalue weighted by Crippen LogP contribution is 2.31. The Balaban J connectivity index is 2.00. The average molecular weight is 222 g/mol. The zero-order valence-electron chi connectivity index (χ0n) is 7.40. The van der Waals surface area contributed by atoms with Gasteiger partial charge in [-0.3, -0.25) is 4.79 Å². The number of hydrogen-bond acceptors (Lipinski definition) is 3. The van der Waals surface area contributed by atoms with E-state index in [0.29, 0.717) is 5.25 Å². The van der Waals surface area contributed by atoms with Gasteiger partial charge in [0.25, 0.3) is 0 Å². The van der Waals surface area contributed by atoms with Crippen molar-refractivity contribution in [1.29, 1.82) is 0 Å². The fourth-order valence-electron chi connectivity index (χ4n) is 1.32. The van der Waals surface area contributed by atoms with Crippen molar-refractivity contribution in [2.24, 2.45) is 0 Å². The topological polar surface area (TPSA) is 54.4 Å².